The van der Waals surface area contributed by atoms with E-state index in [4.69, 9.17) is 4.42 Å². The van der Waals surface area contributed by atoms with Crippen LogP contribution in [0, 0.1) is 0 Å². The molecule has 1 aromatic heterocycles. The molecular weight excluding hydrogens is 284 g/mol. The molecule has 0 aliphatic carbocycles. The van der Waals surface area contributed by atoms with Crippen molar-refractivity contribution in [1.82, 2.24) is 10.6 Å². The van der Waals surface area contributed by atoms with Gasteiger partial charge in [-0.2, -0.15) is 0 Å². The Bertz CT molecular complexity index is 420. The number of amides is 1. The topological polar surface area (TPSA) is 54.3 Å². The van der Waals surface area contributed by atoms with Gasteiger partial charge < -0.3 is 15.1 Å². The van der Waals surface area contributed by atoms with Gasteiger partial charge in [0, 0.05) is 18.1 Å². The minimum Gasteiger partial charge on any atom is -0.458 e. The highest BCUT2D eigenvalue weighted by molar-refractivity contribution is 9.10. The number of hydrogen-bond donors (Lipinski definition) is 2. The Hall–Kier alpha value is -0.810. The van der Waals surface area contributed by atoms with Crippen molar-refractivity contribution in [3.63, 3.8) is 0 Å². The van der Waals surface area contributed by atoms with Gasteiger partial charge in [0.2, 0.25) is 5.76 Å². The standard InChI is InChI=1S/C12H15BrN2O2/c13-10-3-4-17-11(10)12(16)15-9-5-7-1-2-8(6-9)14-7/h3-4,7-9,14H,1-2,5-6H2,(H,15,16). The van der Waals surface area contributed by atoms with Gasteiger partial charge in [-0.15, -0.1) is 0 Å². The van der Waals surface area contributed by atoms with Crippen molar-refractivity contribution in [3.05, 3.63) is 22.6 Å². The third-order valence-corrected chi connectivity index (χ3v) is 4.26. The Morgan fingerprint density at radius 2 is 2.12 bits per heavy atom. The van der Waals surface area contributed by atoms with E-state index in [1.54, 1.807) is 6.07 Å². The fourth-order valence-electron chi connectivity index (χ4n) is 2.88. The van der Waals surface area contributed by atoms with Crippen LogP contribution in [-0.2, 0) is 0 Å². The molecule has 1 amide bonds. The molecule has 2 aliphatic heterocycles. The average Bonchev–Trinajstić information content (AvgIpc) is 2.85. The monoisotopic (exact) mass is 298 g/mol. The molecule has 2 N–H and O–H groups in total. The van der Waals surface area contributed by atoms with Crippen molar-refractivity contribution in [2.45, 2.75) is 43.8 Å². The molecule has 1 aromatic rings. The Morgan fingerprint density at radius 1 is 1.41 bits per heavy atom. The molecule has 0 radical (unpaired) electrons. The van der Waals surface area contributed by atoms with Gasteiger partial charge >= 0.3 is 0 Å². The molecule has 2 aliphatic rings. The van der Waals surface area contributed by atoms with Gasteiger partial charge in [-0.1, -0.05) is 0 Å². The smallest absolute Gasteiger partial charge is 0.288 e. The minimum absolute atomic E-state index is 0.117. The van der Waals surface area contributed by atoms with Gasteiger partial charge in [0.15, 0.2) is 0 Å². The molecule has 2 saturated heterocycles. The molecule has 2 fully saturated rings. The van der Waals surface area contributed by atoms with Crippen LogP contribution in [0.15, 0.2) is 21.2 Å². The lowest BCUT2D eigenvalue weighted by Crippen LogP contribution is -2.48. The summed E-state index contributed by atoms with van der Waals surface area (Å²) in [6, 6.07) is 3.18. The Morgan fingerprint density at radius 3 is 2.71 bits per heavy atom. The second-order valence-electron chi connectivity index (χ2n) is 4.88. The number of nitrogens with one attached hydrogen (secondary N) is 2. The first-order valence-corrected chi connectivity index (χ1v) is 6.81. The highest BCUT2D eigenvalue weighted by Crippen LogP contribution is 2.27. The lowest BCUT2D eigenvalue weighted by atomic mass is 10.00. The molecule has 92 valence electrons. The van der Waals surface area contributed by atoms with Crippen LogP contribution in [0.5, 0.6) is 0 Å². The summed E-state index contributed by atoms with van der Waals surface area (Å²) in [4.78, 5) is 12.0. The predicted molar refractivity (Wildman–Crippen MR) is 66.8 cm³/mol. The normalized spacial score (nSPS) is 31.5. The molecule has 3 heterocycles. The van der Waals surface area contributed by atoms with Crippen LogP contribution < -0.4 is 10.6 Å². The maximum absolute atomic E-state index is 12.0. The molecule has 5 heteroatoms. The fraction of sp³-hybridized carbons (Fsp3) is 0.583. The first-order chi connectivity index (χ1) is 8.22. The second kappa shape index (κ2) is 4.46. The van der Waals surface area contributed by atoms with Crippen LogP contribution in [0.4, 0.5) is 0 Å². The van der Waals surface area contributed by atoms with Crippen molar-refractivity contribution < 1.29 is 9.21 Å². The summed E-state index contributed by atoms with van der Waals surface area (Å²) in [5.41, 5.74) is 0. The van der Waals surface area contributed by atoms with E-state index >= 15 is 0 Å². The number of fused-ring (bicyclic) bond motifs is 2. The van der Waals surface area contributed by atoms with Gasteiger partial charge in [-0.05, 0) is 47.7 Å². The zero-order valence-electron chi connectivity index (χ0n) is 9.41. The number of carbonyl (C=O) groups is 1. The summed E-state index contributed by atoms with van der Waals surface area (Å²) in [6.45, 7) is 0. The SMILES string of the molecule is O=C(NC1CC2CCC(C1)N2)c1occc1Br. The van der Waals surface area contributed by atoms with Crippen molar-refractivity contribution in [2.75, 3.05) is 0 Å². The van der Waals surface area contributed by atoms with Crippen molar-refractivity contribution in [2.24, 2.45) is 0 Å². The van der Waals surface area contributed by atoms with E-state index in [1.807, 2.05) is 0 Å². The molecule has 2 unspecified atom stereocenters. The quantitative estimate of drug-likeness (QED) is 0.879. The first kappa shape index (κ1) is 11.3. The summed E-state index contributed by atoms with van der Waals surface area (Å²) in [5.74, 6) is 0.254. The zero-order chi connectivity index (χ0) is 11.8. The van der Waals surface area contributed by atoms with E-state index in [9.17, 15) is 4.79 Å². The molecule has 17 heavy (non-hydrogen) atoms. The van der Waals surface area contributed by atoms with E-state index in [0.717, 1.165) is 12.8 Å². The maximum Gasteiger partial charge on any atom is 0.288 e. The zero-order valence-corrected chi connectivity index (χ0v) is 11.0. The van der Waals surface area contributed by atoms with E-state index in [2.05, 4.69) is 26.6 Å². The molecule has 4 nitrogen and oxygen atoms in total. The predicted octanol–water partition coefficient (Wildman–Crippen LogP) is 2.05. The lowest BCUT2D eigenvalue weighted by Gasteiger charge is -2.29. The summed E-state index contributed by atoms with van der Waals surface area (Å²) in [7, 11) is 0. The van der Waals surface area contributed by atoms with Crippen LogP contribution >= 0.6 is 15.9 Å². The lowest BCUT2D eigenvalue weighted by molar-refractivity contribution is 0.0894. The van der Waals surface area contributed by atoms with Gasteiger partial charge in [0.1, 0.15) is 0 Å². The summed E-state index contributed by atoms with van der Waals surface area (Å²) in [6.07, 6.45) is 6.05. The third-order valence-electron chi connectivity index (χ3n) is 3.63. The van der Waals surface area contributed by atoms with Gasteiger partial charge in [0.25, 0.3) is 5.91 Å². The molecular formula is C12H15BrN2O2. The molecule has 2 atom stereocenters. The highest BCUT2D eigenvalue weighted by atomic mass is 79.9. The van der Waals surface area contributed by atoms with E-state index in [1.165, 1.54) is 19.1 Å². The number of rotatable bonds is 2. The summed E-state index contributed by atoms with van der Waals surface area (Å²) < 4.78 is 5.88. The number of halogens is 1. The van der Waals surface area contributed by atoms with Gasteiger partial charge in [0.05, 0.1) is 10.7 Å². The molecule has 0 saturated carbocycles. The van der Waals surface area contributed by atoms with Crippen LogP contribution in [0.1, 0.15) is 36.2 Å². The first-order valence-electron chi connectivity index (χ1n) is 6.02. The Kier molecular flexibility index (Phi) is 2.96. The van der Waals surface area contributed by atoms with Crippen LogP contribution in [0.2, 0.25) is 0 Å². The van der Waals surface area contributed by atoms with Crippen molar-refractivity contribution in [3.8, 4) is 0 Å². The maximum atomic E-state index is 12.0. The second-order valence-corrected chi connectivity index (χ2v) is 5.73. The highest BCUT2D eigenvalue weighted by Gasteiger charge is 2.34. The number of carbonyl (C=O) groups excluding carboxylic acids is 1. The van der Waals surface area contributed by atoms with Gasteiger partial charge in [-0.3, -0.25) is 4.79 Å². The van der Waals surface area contributed by atoms with Crippen LogP contribution in [0.25, 0.3) is 0 Å². The third kappa shape index (κ3) is 2.26. The number of piperidine rings is 1. The average molecular weight is 299 g/mol. The Labute approximate surface area is 108 Å². The van der Waals surface area contributed by atoms with Crippen LogP contribution in [0.3, 0.4) is 0 Å². The molecule has 0 aromatic carbocycles. The van der Waals surface area contributed by atoms with Gasteiger partial charge in [-0.25, -0.2) is 0 Å². The minimum atomic E-state index is -0.117. The molecule has 0 spiro atoms. The van der Waals surface area contributed by atoms with E-state index < -0.39 is 0 Å². The fourth-order valence-corrected chi connectivity index (χ4v) is 3.26. The van der Waals surface area contributed by atoms with Crippen LogP contribution in [-0.4, -0.2) is 24.0 Å². The Balaban J connectivity index is 1.64. The molecule has 3 rings (SSSR count). The van der Waals surface area contributed by atoms with Crippen molar-refractivity contribution in [1.29, 1.82) is 0 Å². The van der Waals surface area contributed by atoms with Crippen molar-refractivity contribution >= 4 is 21.8 Å². The summed E-state index contributed by atoms with van der Waals surface area (Å²) >= 11 is 3.30. The molecule has 2 bridgehead atoms. The largest absolute Gasteiger partial charge is 0.458 e. The summed E-state index contributed by atoms with van der Waals surface area (Å²) in [5, 5.41) is 6.62. The number of furan rings is 1. The van der Waals surface area contributed by atoms with E-state index in [0.29, 0.717) is 22.3 Å². The number of hydrogen-bond acceptors (Lipinski definition) is 3. The van der Waals surface area contributed by atoms with E-state index in [-0.39, 0.29) is 11.9 Å².